The van der Waals surface area contributed by atoms with E-state index in [9.17, 15) is 8.42 Å². The Hall–Kier alpha value is -2.45. The van der Waals surface area contributed by atoms with Crippen LogP contribution in [0.5, 0.6) is 0 Å². The molecule has 3 aromatic rings. The standard InChI is InChI=1S/C19H25N5O2S/c1-5-23(6-2)27(25,26)17-11-12-18-21-22-19(24(18)13-17)20-15(4)16-9-7-14(3)8-10-16/h7-13,15H,5-6H2,1-4H3,(H,20,22)/t15-/m1/s1. The highest BCUT2D eigenvalue weighted by Gasteiger charge is 2.23. The molecule has 1 atom stereocenters. The van der Waals surface area contributed by atoms with Crippen LogP contribution >= 0.6 is 0 Å². The van der Waals surface area contributed by atoms with E-state index in [4.69, 9.17) is 0 Å². The second-order valence-electron chi connectivity index (χ2n) is 6.48. The summed E-state index contributed by atoms with van der Waals surface area (Å²) in [6.07, 6.45) is 1.58. The summed E-state index contributed by atoms with van der Waals surface area (Å²) in [7, 11) is -3.54. The van der Waals surface area contributed by atoms with Gasteiger partial charge in [0.2, 0.25) is 16.0 Å². The maximum atomic E-state index is 12.8. The van der Waals surface area contributed by atoms with Crippen molar-refractivity contribution in [1.29, 1.82) is 0 Å². The fraction of sp³-hybridized carbons (Fsp3) is 0.368. The predicted octanol–water partition coefficient (Wildman–Crippen LogP) is 3.24. The lowest BCUT2D eigenvalue weighted by Gasteiger charge is -2.18. The first-order chi connectivity index (χ1) is 12.9. The number of anilines is 1. The first-order valence-corrected chi connectivity index (χ1v) is 10.5. The van der Waals surface area contributed by atoms with Crippen LogP contribution in [0.15, 0.2) is 47.5 Å². The molecule has 144 valence electrons. The van der Waals surface area contributed by atoms with Gasteiger partial charge in [-0.25, -0.2) is 8.42 Å². The Morgan fingerprint density at radius 3 is 2.37 bits per heavy atom. The fourth-order valence-electron chi connectivity index (χ4n) is 2.97. The lowest BCUT2D eigenvalue weighted by atomic mass is 10.1. The molecule has 0 aliphatic carbocycles. The number of benzene rings is 1. The van der Waals surface area contributed by atoms with Crippen LogP contribution in [0.3, 0.4) is 0 Å². The Labute approximate surface area is 160 Å². The quantitative estimate of drug-likeness (QED) is 0.673. The van der Waals surface area contributed by atoms with Crippen LogP contribution in [0.2, 0.25) is 0 Å². The van der Waals surface area contributed by atoms with Gasteiger partial charge in [-0.2, -0.15) is 4.31 Å². The van der Waals surface area contributed by atoms with E-state index in [1.54, 1.807) is 22.7 Å². The molecule has 3 rings (SSSR count). The third kappa shape index (κ3) is 3.81. The van der Waals surface area contributed by atoms with Gasteiger partial charge in [0, 0.05) is 19.3 Å². The van der Waals surface area contributed by atoms with E-state index in [1.165, 1.54) is 9.87 Å². The molecule has 0 aliphatic rings. The van der Waals surface area contributed by atoms with Crippen molar-refractivity contribution in [2.24, 2.45) is 0 Å². The van der Waals surface area contributed by atoms with E-state index in [0.29, 0.717) is 24.7 Å². The normalized spacial score (nSPS) is 13.2. The van der Waals surface area contributed by atoms with Gasteiger partial charge in [0.15, 0.2) is 5.65 Å². The highest BCUT2D eigenvalue weighted by molar-refractivity contribution is 7.89. The summed E-state index contributed by atoms with van der Waals surface area (Å²) in [5, 5.41) is 11.6. The number of hydrogen-bond acceptors (Lipinski definition) is 5. The molecule has 0 spiro atoms. The molecular weight excluding hydrogens is 362 g/mol. The first kappa shape index (κ1) is 19.3. The summed E-state index contributed by atoms with van der Waals surface area (Å²) in [5.41, 5.74) is 2.90. The van der Waals surface area contributed by atoms with Crippen molar-refractivity contribution in [2.75, 3.05) is 18.4 Å². The molecule has 7 nitrogen and oxygen atoms in total. The minimum absolute atomic E-state index is 0.000968. The molecule has 0 aliphatic heterocycles. The van der Waals surface area contributed by atoms with Gasteiger partial charge in [-0.3, -0.25) is 4.40 Å². The van der Waals surface area contributed by atoms with Crippen molar-refractivity contribution in [3.8, 4) is 0 Å². The Morgan fingerprint density at radius 1 is 1.07 bits per heavy atom. The van der Waals surface area contributed by atoms with Gasteiger partial charge in [0.05, 0.1) is 10.9 Å². The number of nitrogens with zero attached hydrogens (tertiary/aromatic N) is 4. The van der Waals surface area contributed by atoms with Crippen molar-refractivity contribution in [2.45, 2.75) is 38.6 Å². The van der Waals surface area contributed by atoms with Crippen LogP contribution in [0.25, 0.3) is 5.65 Å². The Balaban J connectivity index is 1.94. The molecule has 0 fully saturated rings. The van der Waals surface area contributed by atoms with E-state index in [2.05, 4.69) is 39.8 Å². The van der Waals surface area contributed by atoms with Gasteiger partial charge >= 0.3 is 0 Å². The van der Waals surface area contributed by atoms with Crippen LogP contribution in [-0.2, 0) is 10.0 Å². The SMILES string of the molecule is CCN(CC)S(=O)(=O)c1ccc2nnc(N[C@H](C)c3ccc(C)cc3)n2c1. The van der Waals surface area contributed by atoms with Crippen molar-refractivity contribution in [3.63, 3.8) is 0 Å². The van der Waals surface area contributed by atoms with Crippen LogP contribution in [0.1, 0.15) is 37.9 Å². The maximum Gasteiger partial charge on any atom is 0.244 e. The monoisotopic (exact) mass is 387 g/mol. The van der Waals surface area contributed by atoms with Gasteiger partial charge in [-0.1, -0.05) is 43.7 Å². The lowest BCUT2D eigenvalue weighted by Crippen LogP contribution is -2.30. The predicted molar refractivity (Wildman–Crippen MR) is 106 cm³/mol. The Morgan fingerprint density at radius 2 is 1.74 bits per heavy atom. The highest BCUT2D eigenvalue weighted by Crippen LogP contribution is 2.22. The molecule has 0 bridgehead atoms. The minimum atomic E-state index is -3.54. The third-order valence-electron chi connectivity index (χ3n) is 4.64. The molecule has 0 saturated carbocycles. The third-order valence-corrected chi connectivity index (χ3v) is 6.67. The van der Waals surface area contributed by atoms with Gasteiger partial charge in [-0.15, -0.1) is 10.2 Å². The van der Waals surface area contributed by atoms with Gasteiger partial charge in [-0.05, 0) is 31.5 Å². The maximum absolute atomic E-state index is 12.8. The lowest BCUT2D eigenvalue weighted by molar-refractivity contribution is 0.445. The zero-order valence-electron chi connectivity index (χ0n) is 16.0. The zero-order chi connectivity index (χ0) is 19.6. The van der Waals surface area contributed by atoms with E-state index < -0.39 is 10.0 Å². The number of rotatable bonds is 7. The largest absolute Gasteiger partial charge is 0.347 e. The van der Waals surface area contributed by atoms with Crippen molar-refractivity contribution in [1.82, 2.24) is 18.9 Å². The first-order valence-electron chi connectivity index (χ1n) is 9.04. The van der Waals surface area contributed by atoms with Crippen molar-refractivity contribution in [3.05, 3.63) is 53.7 Å². The number of hydrogen-bond donors (Lipinski definition) is 1. The number of nitrogens with one attached hydrogen (secondary N) is 1. The van der Waals surface area contributed by atoms with Gasteiger partial charge in [0.1, 0.15) is 0 Å². The molecule has 1 aromatic carbocycles. The smallest absolute Gasteiger partial charge is 0.244 e. The number of sulfonamides is 1. The Kier molecular flexibility index (Phi) is 5.48. The average molecular weight is 388 g/mol. The number of pyridine rings is 1. The summed E-state index contributed by atoms with van der Waals surface area (Å²) in [4.78, 5) is 0.226. The number of aryl methyl sites for hydroxylation is 1. The summed E-state index contributed by atoms with van der Waals surface area (Å²) < 4.78 is 28.7. The molecular formula is C19H25N5O2S. The zero-order valence-corrected chi connectivity index (χ0v) is 16.9. The van der Waals surface area contributed by atoms with Crippen LogP contribution in [0, 0.1) is 6.92 Å². The summed E-state index contributed by atoms with van der Waals surface area (Å²) in [5.74, 6) is 0.509. The van der Waals surface area contributed by atoms with Crippen molar-refractivity contribution >= 4 is 21.6 Å². The average Bonchev–Trinajstić information content (AvgIpc) is 3.05. The van der Waals surface area contributed by atoms with E-state index >= 15 is 0 Å². The Bertz CT molecular complexity index is 1020. The van der Waals surface area contributed by atoms with Crippen LogP contribution < -0.4 is 5.32 Å². The molecule has 8 heteroatoms. The molecule has 0 amide bonds. The summed E-state index contributed by atoms with van der Waals surface area (Å²) >= 11 is 0. The molecule has 1 N–H and O–H groups in total. The summed E-state index contributed by atoms with van der Waals surface area (Å²) in [6.45, 7) is 8.58. The second-order valence-corrected chi connectivity index (χ2v) is 8.42. The minimum Gasteiger partial charge on any atom is -0.347 e. The van der Waals surface area contributed by atoms with Crippen LogP contribution in [-0.4, -0.2) is 40.4 Å². The number of fused-ring (bicyclic) bond motifs is 1. The second kappa shape index (κ2) is 7.66. The van der Waals surface area contributed by atoms with Crippen molar-refractivity contribution < 1.29 is 8.42 Å². The van der Waals surface area contributed by atoms with E-state index in [1.807, 2.05) is 27.7 Å². The number of aromatic nitrogens is 3. The summed E-state index contributed by atoms with van der Waals surface area (Å²) in [6, 6.07) is 11.5. The topological polar surface area (TPSA) is 79.6 Å². The molecule has 27 heavy (non-hydrogen) atoms. The van der Waals surface area contributed by atoms with E-state index in [-0.39, 0.29) is 10.9 Å². The molecule has 2 aromatic heterocycles. The molecule has 0 saturated heterocycles. The highest BCUT2D eigenvalue weighted by atomic mass is 32.2. The van der Waals surface area contributed by atoms with Crippen LogP contribution in [0.4, 0.5) is 5.95 Å². The molecule has 2 heterocycles. The van der Waals surface area contributed by atoms with E-state index in [0.717, 1.165) is 5.56 Å². The fourth-order valence-corrected chi connectivity index (χ4v) is 4.42. The van der Waals surface area contributed by atoms with Gasteiger partial charge < -0.3 is 5.32 Å². The molecule has 0 unspecified atom stereocenters. The molecule has 0 radical (unpaired) electrons. The van der Waals surface area contributed by atoms with Gasteiger partial charge in [0.25, 0.3) is 0 Å².